The molecule has 1 heterocycles. The first kappa shape index (κ1) is 21.0. The maximum atomic E-state index is 12.3. The van der Waals surface area contributed by atoms with Gasteiger partial charge < -0.3 is 15.4 Å². The van der Waals surface area contributed by atoms with Crippen molar-refractivity contribution in [3.05, 3.63) is 70.7 Å². The summed E-state index contributed by atoms with van der Waals surface area (Å²) in [5.74, 6) is -0.877. The van der Waals surface area contributed by atoms with Gasteiger partial charge in [-0.05, 0) is 31.2 Å². The summed E-state index contributed by atoms with van der Waals surface area (Å²) in [6, 6.07) is 13.6. The molecule has 0 aliphatic carbocycles. The Labute approximate surface area is 177 Å². The fourth-order valence-corrected chi connectivity index (χ4v) is 3.29. The van der Waals surface area contributed by atoms with Gasteiger partial charge in [-0.25, -0.2) is 14.6 Å². The number of aryl methyl sites for hydroxylation is 1. The number of methoxy groups -OCH3 is 1. The van der Waals surface area contributed by atoms with Crippen LogP contribution in [-0.2, 0) is 16.0 Å². The van der Waals surface area contributed by atoms with Gasteiger partial charge in [0.25, 0.3) is 0 Å². The lowest BCUT2D eigenvalue weighted by molar-refractivity contribution is -0.115. The minimum atomic E-state index is -0.536. The Kier molecular flexibility index (Phi) is 6.76. The number of nitrogens with zero attached hydrogens (tertiary/aromatic N) is 1. The second-order valence-electron chi connectivity index (χ2n) is 6.35. The molecule has 8 nitrogen and oxygen atoms in total. The van der Waals surface area contributed by atoms with Crippen molar-refractivity contribution in [3.8, 4) is 0 Å². The molecule has 154 valence electrons. The number of rotatable bonds is 6. The Morgan fingerprint density at radius 3 is 2.47 bits per heavy atom. The minimum Gasteiger partial charge on any atom is -0.465 e. The Morgan fingerprint density at radius 2 is 1.73 bits per heavy atom. The van der Waals surface area contributed by atoms with Gasteiger partial charge in [-0.1, -0.05) is 29.8 Å². The van der Waals surface area contributed by atoms with Gasteiger partial charge in [0, 0.05) is 11.1 Å². The lowest BCUT2D eigenvalue weighted by Gasteiger charge is -2.09. The smallest absolute Gasteiger partial charge is 0.339 e. The molecule has 0 aliphatic heterocycles. The van der Waals surface area contributed by atoms with Crippen LogP contribution in [0.1, 0.15) is 21.6 Å². The average Bonchev–Trinajstić information content (AvgIpc) is 3.15. The Balaban J connectivity index is 1.56. The highest BCUT2D eigenvalue weighted by Gasteiger charge is 2.15. The monoisotopic (exact) mass is 424 g/mol. The first-order valence-electron chi connectivity index (χ1n) is 9.01. The van der Waals surface area contributed by atoms with Gasteiger partial charge in [-0.2, -0.15) is 0 Å². The normalized spacial score (nSPS) is 10.2. The van der Waals surface area contributed by atoms with Crippen LogP contribution in [0.4, 0.5) is 21.3 Å². The third kappa shape index (κ3) is 5.65. The van der Waals surface area contributed by atoms with E-state index in [1.807, 2.05) is 19.1 Å². The Bertz CT molecular complexity index is 1060. The molecule has 0 aliphatic rings. The van der Waals surface area contributed by atoms with Gasteiger partial charge >= 0.3 is 12.0 Å². The minimum absolute atomic E-state index is 0.00668. The van der Waals surface area contributed by atoms with Gasteiger partial charge in [-0.3, -0.25) is 10.1 Å². The Morgan fingerprint density at radius 1 is 1.00 bits per heavy atom. The van der Waals surface area contributed by atoms with E-state index in [9.17, 15) is 14.4 Å². The molecule has 3 N–H and O–H groups in total. The lowest BCUT2D eigenvalue weighted by atomic mass is 10.1. The molecule has 0 fully saturated rings. The van der Waals surface area contributed by atoms with Crippen molar-refractivity contribution < 1.29 is 19.1 Å². The molecule has 0 atom stereocenters. The maximum Gasteiger partial charge on any atom is 0.339 e. The third-order valence-corrected chi connectivity index (χ3v) is 4.84. The molecule has 0 spiro atoms. The van der Waals surface area contributed by atoms with Gasteiger partial charge in [0.05, 0.1) is 30.5 Å². The summed E-state index contributed by atoms with van der Waals surface area (Å²) in [5, 5.41) is 10.1. The van der Waals surface area contributed by atoms with Crippen molar-refractivity contribution in [1.29, 1.82) is 0 Å². The molecule has 0 unspecified atom stereocenters. The Hall–Kier alpha value is -3.72. The van der Waals surface area contributed by atoms with Crippen LogP contribution in [0.2, 0.25) is 0 Å². The van der Waals surface area contributed by atoms with E-state index in [2.05, 4.69) is 20.9 Å². The van der Waals surface area contributed by atoms with Crippen LogP contribution in [-0.4, -0.2) is 30.0 Å². The van der Waals surface area contributed by atoms with Crippen molar-refractivity contribution in [2.45, 2.75) is 13.3 Å². The predicted octanol–water partition coefficient (Wildman–Crippen LogP) is 4.06. The summed E-state index contributed by atoms with van der Waals surface area (Å²) >= 11 is 1.21. The van der Waals surface area contributed by atoms with E-state index in [4.69, 9.17) is 4.74 Å². The first-order chi connectivity index (χ1) is 14.4. The van der Waals surface area contributed by atoms with E-state index < -0.39 is 12.0 Å². The molecule has 2 aromatic carbocycles. The van der Waals surface area contributed by atoms with E-state index >= 15 is 0 Å². The van der Waals surface area contributed by atoms with E-state index in [1.165, 1.54) is 18.4 Å². The summed E-state index contributed by atoms with van der Waals surface area (Å²) < 4.78 is 4.72. The first-order valence-corrected chi connectivity index (χ1v) is 9.89. The number of carbonyl (C=O) groups excluding carboxylic acids is 3. The predicted molar refractivity (Wildman–Crippen MR) is 116 cm³/mol. The van der Waals surface area contributed by atoms with E-state index in [0.717, 1.165) is 5.56 Å². The quantitative estimate of drug-likeness (QED) is 0.517. The van der Waals surface area contributed by atoms with Gasteiger partial charge in [0.1, 0.15) is 0 Å². The maximum absolute atomic E-state index is 12.3. The summed E-state index contributed by atoms with van der Waals surface area (Å²) in [6.07, 6.45) is -0.00668. The zero-order valence-corrected chi connectivity index (χ0v) is 17.2. The van der Waals surface area contributed by atoms with Gasteiger partial charge in [-0.15, -0.1) is 11.3 Å². The highest BCUT2D eigenvalue weighted by atomic mass is 32.1. The van der Waals surface area contributed by atoms with Crippen LogP contribution in [0.15, 0.2) is 53.9 Å². The molecule has 30 heavy (non-hydrogen) atoms. The highest BCUT2D eigenvalue weighted by Crippen LogP contribution is 2.19. The number of amides is 3. The fourth-order valence-electron chi connectivity index (χ4n) is 2.58. The number of thiazole rings is 1. The number of benzene rings is 2. The van der Waals surface area contributed by atoms with Crippen LogP contribution >= 0.6 is 11.3 Å². The molecular weight excluding hydrogens is 404 g/mol. The number of nitrogens with one attached hydrogen (secondary N) is 3. The third-order valence-electron chi connectivity index (χ3n) is 4.03. The largest absolute Gasteiger partial charge is 0.465 e. The summed E-state index contributed by atoms with van der Waals surface area (Å²) in [4.78, 5) is 40.5. The number of aromatic nitrogens is 1. The molecule has 1 aromatic heterocycles. The van der Waals surface area contributed by atoms with Gasteiger partial charge in [0.2, 0.25) is 5.91 Å². The van der Waals surface area contributed by atoms with E-state index in [-0.39, 0.29) is 17.9 Å². The number of urea groups is 1. The van der Waals surface area contributed by atoms with Crippen LogP contribution in [0, 0.1) is 6.92 Å². The summed E-state index contributed by atoms with van der Waals surface area (Å²) in [5.41, 5.74) is 2.89. The molecule has 0 saturated heterocycles. The second kappa shape index (κ2) is 9.66. The standard InChI is InChI=1S/C21H20N4O4S/c1-13-7-9-14(10-8-13)22-20(28)25-21-23-15(12-30-21)11-18(26)24-17-6-4-3-5-16(17)19(27)29-2/h3-10,12H,11H2,1-2H3,(H,24,26)(H2,22,23,25,28). The number of esters is 1. The van der Waals surface area contributed by atoms with E-state index in [0.29, 0.717) is 22.2 Å². The summed E-state index contributed by atoms with van der Waals surface area (Å²) in [7, 11) is 1.28. The molecule has 3 rings (SSSR count). The summed E-state index contributed by atoms with van der Waals surface area (Å²) in [6.45, 7) is 1.96. The highest BCUT2D eigenvalue weighted by molar-refractivity contribution is 7.14. The number of anilines is 3. The number of para-hydroxylation sites is 1. The second-order valence-corrected chi connectivity index (χ2v) is 7.21. The average molecular weight is 424 g/mol. The van der Waals surface area contributed by atoms with Crippen LogP contribution in [0.5, 0.6) is 0 Å². The van der Waals surface area contributed by atoms with Crippen molar-refractivity contribution >= 4 is 45.8 Å². The van der Waals surface area contributed by atoms with Crippen molar-refractivity contribution in [3.63, 3.8) is 0 Å². The SMILES string of the molecule is COC(=O)c1ccccc1NC(=O)Cc1csc(NC(=O)Nc2ccc(C)cc2)n1. The van der Waals surface area contributed by atoms with Crippen molar-refractivity contribution in [1.82, 2.24) is 4.98 Å². The number of carbonyl (C=O) groups is 3. The number of hydrogen-bond donors (Lipinski definition) is 3. The molecular formula is C21H20N4O4S. The molecule has 0 bridgehead atoms. The number of ether oxygens (including phenoxy) is 1. The van der Waals surface area contributed by atoms with E-state index in [1.54, 1.807) is 41.8 Å². The molecule has 3 amide bonds. The van der Waals surface area contributed by atoms with Gasteiger partial charge in [0.15, 0.2) is 5.13 Å². The van der Waals surface area contributed by atoms with Crippen molar-refractivity contribution in [2.75, 3.05) is 23.1 Å². The van der Waals surface area contributed by atoms with Crippen molar-refractivity contribution in [2.24, 2.45) is 0 Å². The number of hydrogen-bond acceptors (Lipinski definition) is 6. The van der Waals surface area contributed by atoms with Crippen LogP contribution in [0.3, 0.4) is 0 Å². The molecule has 3 aromatic rings. The fraction of sp³-hybridized carbons (Fsp3) is 0.143. The zero-order chi connectivity index (χ0) is 21.5. The topological polar surface area (TPSA) is 109 Å². The molecule has 0 saturated carbocycles. The lowest BCUT2D eigenvalue weighted by Crippen LogP contribution is -2.19. The molecule has 9 heteroatoms. The van der Waals surface area contributed by atoms with Crippen LogP contribution < -0.4 is 16.0 Å². The zero-order valence-electron chi connectivity index (χ0n) is 16.4. The molecule has 0 radical (unpaired) electrons. The van der Waals surface area contributed by atoms with Crippen LogP contribution in [0.25, 0.3) is 0 Å².